The summed E-state index contributed by atoms with van der Waals surface area (Å²) in [7, 11) is 0. The number of aromatic amines is 1. The summed E-state index contributed by atoms with van der Waals surface area (Å²) < 4.78 is 0. The van der Waals surface area contributed by atoms with E-state index in [0.29, 0.717) is 0 Å². The Morgan fingerprint density at radius 3 is 2.82 bits per heavy atom. The minimum atomic E-state index is 0.750. The van der Waals surface area contributed by atoms with Crippen LogP contribution in [0.2, 0.25) is 0 Å². The highest BCUT2D eigenvalue weighted by Gasteiger charge is 2.03. The fourth-order valence-corrected chi connectivity index (χ4v) is 1.64. The van der Waals surface area contributed by atoms with Gasteiger partial charge in [0.15, 0.2) is 5.75 Å². The lowest BCUT2D eigenvalue weighted by molar-refractivity contribution is 0.409. The monoisotopic (exact) mass is 225 g/mol. The van der Waals surface area contributed by atoms with Gasteiger partial charge in [0.2, 0.25) is 0 Å². The fraction of sp³-hybridized carbons (Fsp3) is 0. The van der Waals surface area contributed by atoms with Gasteiger partial charge in [-0.2, -0.15) is 0 Å². The average molecular weight is 225 g/mol. The molecule has 0 aliphatic heterocycles. The summed E-state index contributed by atoms with van der Waals surface area (Å²) >= 11 is 0. The number of fused-ring (bicyclic) bond motifs is 1. The summed E-state index contributed by atoms with van der Waals surface area (Å²) in [6, 6.07) is 13.5. The minimum absolute atomic E-state index is 0.750. The van der Waals surface area contributed by atoms with Crippen molar-refractivity contribution >= 4 is 16.7 Å². The lowest BCUT2D eigenvalue weighted by Gasteiger charge is -2.08. The normalized spacial score (nSPS) is 10.4. The van der Waals surface area contributed by atoms with E-state index >= 15 is 0 Å². The molecule has 0 saturated heterocycles. The first kappa shape index (κ1) is 9.72. The van der Waals surface area contributed by atoms with Gasteiger partial charge in [0, 0.05) is 18.5 Å². The van der Waals surface area contributed by atoms with Crippen LogP contribution in [0, 0.1) is 0 Å². The number of rotatable bonds is 3. The molecule has 0 unspecified atom stereocenters. The van der Waals surface area contributed by atoms with Crippen molar-refractivity contribution in [1.82, 2.24) is 9.97 Å². The molecule has 0 atom stereocenters. The molecule has 0 amide bonds. The Morgan fingerprint density at radius 2 is 1.94 bits per heavy atom. The molecule has 4 nitrogen and oxygen atoms in total. The highest BCUT2D eigenvalue weighted by Crippen LogP contribution is 2.22. The largest absolute Gasteiger partial charge is 0.381 e. The van der Waals surface area contributed by atoms with Gasteiger partial charge >= 0.3 is 0 Å². The molecule has 84 valence electrons. The second-order valence-corrected chi connectivity index (χ2v) is 3.62. The van der Waals surface area contributed by atoms with Gasteiger partial charge in [-0.05, 0) is 18.2 Å². The van der Waals surface area contributed by atoms with Crippen molar-refractivity contribution in [2.45, 2.75) is 0 Å². The SMILES string of the molecule is c1ccc(NOc2ccnc3[nH]ccc23)cc1. The predicted octanol–water partition coefficient (Wildman–Crippen LogP) is 2.97. The van der Waals surface area contributed by atoms with Gasteiger partial charge < -0.3 is 9.82 Å². The highest BCUT2D eigenvalue weighted by atomic mass is 16.6. The maximum Gasteiger partial charge on any atom is 0.167 e. The molecular formula is C13H11N3O. The van der Waals surface area contributed by atoms with Crippen LogP contribution in [0.25, 0.3) is 11.0 Å². The molecule has 0 saturated carbocycles. The third-order valence-corrected chi connectivity index (χ3v) is 2.47. The Labute approximate surface area is 98.2 Å². The van der Waals surface area contributed by atoms with Crippen LogP contribution in [0.4, 0.5) is 5.69 Å². The van der Waals surface area contributed by atoms with E-state index in [9.17, 15) is 0 Å². The van der Waals surface area contributed by atoms with E-state index in [1.54, 1.807) is 6.20 Å². The van der Waals surface area contributed by atoms with Crippen molar-refractivity contribution in [2.75, 3.05) is 5.48 Å². The van der Waals surface area contributed by atoms with Crippen LogP contribution in [0.1, 0.15) is 0 Å². The Bertz CT molecular complexity index is 619. The molecule has 2 N–H and O–H groups in total. The van der Waals surface area contributed by atoms with Crippen molar-refractivity contribution < 1.29 is 4.84 Å². The zero-order chi connectivity index (χ0) is 11.5. The van der Waals surface area contributed by atoms with Crippen molar-refractivity contribution in [3.8, 4) is 5.75 Å². The lowest BCUT2D eigenvalue weighted by Crippen LogP contribution is -2.04. The van der Waals surface area contributed by atoms with Crippen LogP contribution >= 0.6 is 0 Å². The molecule has 0 fully saturated rings. The molecule has 0 aliphatic rings. The van der Waals surface area contributed by atoms with Crippen molar-refractivity contribution in [1.29, 1.82) is 0 Å². The first-order valence-corrected chi connectivity index (χ1v) is 5.33. The number of nitrogens with zero attached hydrogens (tertiary/aromatic N) is 1. The van der Waals surface area contributed by atoms with E-state index in [1.165, 1.54) is 0 Å². The van der Waals surface area contributed by atoms with Crippen LogP contribution in [-0.2, 0) is 0 Å². The Balaban J connectivity index is 1.84. The second-order valence-electron chi connectivity index (χ2n) is 3.62. The molecule has 2 heterocycles. The molecular weight excluding hydrogens is 214 g/mol. The Kier molecular flexibility index (Phi) is 2.38. The van der Waals surface area contributed by atoms with Crippen LogP contribution < -0.4 is 10.3 Å². The third kappa shape index (κ3) is 1.92. The van der Waals surface area contributed by atoms with Gasteiger partial charge in [-0.15, -0.1) is 0 Å². The summed E-state index contributed by atoms with van der Waals surface area (Å²) in [4.78, 5) is 12.8. The summed E-state index contributed by atoms with van der Waals surface area (Å²) in [5.41, 5.74) is 4.63. The first-order chi connectivity index (χ1) is 8.43. The van der Waals surface area contributed by atoms with E-state index in [0.717, 1.165) is 22.5 Å². The maximum absolute atomic E-state index is 5.55. The standard InChI is InChI=1S/C13H11N3O/c1-2-4-10(5-3-1)16-17-12-7-9-15-13-11(12)6-8-14-13/h1-9,16H,(H,14,15). The topological polar surface area (TPSA) is 49.9 Å². The van der Waals surface area contributed by atoms with Crippen molar-refractivity contribution in [3.63, 3.8) is 0 Å². The van der Waals surface area contributed by atoms with Gasteiger partial charge in [0.05, 0.1) is 11.1 Å². The van der Waals surface area contributed by atoms with E-state index in [4.69, 9.17) is 4.84 Å². The van der Waals surface area contributed by atoms with E-state index in [1.807, 2.05) is 48.7 Å². The molecule has 4 heteroatoms. The molecule has 0 spiro atoms. The predicted molar refractivity (Wildman–Crippen MR) is 66.8 cm³/mol. The molecule has 1 aromatic carbocycles. The van der Waals surface area contributed by atoms with Gasteiger partial charge in [-0.25, -0.2) is 10.5 Å². The van der Waals surface area contributed by atoms with Crippen LogP contribution in [0.3, 0.4) is 0 Å². The average Bonchev–Trinajstić information content (AvgIpc) is 2.86. The number of nitrogens with one attached hydrogen (secondary N) is 2. The number of anilines is 1. The number of pyridine rings is 1. The minimum Gasteiger partial charge on any atom is -0.381 e. The van der Waals surface area contributed by atoms with E-state index in [-0.39, 0.29) is 0 Å². The number of aromatic nitrogens is 2. The maximum atomic E-state index is 5.55. The van der Waals surface area contributed by atoms with Crippen molar-refractivity contribution in [2.24, 2.45) is 0 Å². The quantitative estimate of drug-likeness (QED) is 0.674. The third-order valence-electron chi connectivity index (χ3n) is 2.47. The van der Waals surface area contributed by atoms with Gasteiger partial charge in [-0.1, -0.05) is 18.2 Å². The molecule has 0 radical (unpaired) electrons. The molecule has 17 heavy (non-hydrogen) atoms. The summed E-state index contributed by atoms with van der Waals surface area (Å²) in [6.45, 7) is 0. The Hall–Kier alpha value is -2.49. The molecule has 0 bridgehead atoms. The van der Waals surface area contributed by atoms with Crippen LogP contribution in [0.15, 0.2) is 54.9 Å². The van der Waals surface area contributed by atoms with E-state index < -0.39 is 0 Å². The number of para-hydroxylation sites is 1. The van der Waals surface area contributed by atoms with Gasteiger partial charge in [0.25, 0.3) is 0 Å². The fourth-order valence-electron chi connectivity index (χ4n) is 1.64. The second kappa shape index (κ2) is 4.17. The zero-order valence-electron chi connectivity index (χ0n) is 9.05. The van der Waals surface area contributed by atoms with Crippen LogP contribution in [-0.4, -0.2) is 9.97 Å². The van der Waals surface area contributed by atoms with E-state index in [2.05, 4.69) is 15.4 Å². The number of hydrogen-bond donors (Lipinski definition) is 2. The highest BCUT2D eigenvalue weighted by molar-refractivity contribution is 5.82. The summed E-state index contributed by atoms with van der Waals surface area (Å²) in [6.07, 6.45) is 3.55. The number of hydrogen-bond acceptors (Lipinski definition) is 3. The molecule has 3 rings (SSSR count). The van der Waals surface area contributed by atoms with Gasteiger partial charge in [0.1, 0.15) is 5.65 Å². The smallest absolute Gasteiger partial charge is 0.167 e. The zero-order valence-corrected chi connectivity index (χ0v) is 9.05. The van der Waals surface area contributed by atoms with Gasteiger partial charge in [-0.3, -0.25) is 0 Å². The number of benzene rings is 1. The summed E-state index contributed by atoms with van der Waals surface area (Å²) in [5, 5.41) is 0.955. The molecule has 3 aromatic rings. The Morgan fingerprint density at radius 1 is 1.06 bits per heavy atom. The lowest BCUT2D eigenvalue weighted by atomic mass is 10.3. The van der Waals surface area contributed by atoms with Crippen LogP contribution in [0.5, 0.6) is 5.75 Å². The molecule has 0 aliphatic carbocycles. The van der Waals surface area contributed by atoms with Crippen molar-refractivity contribution in [3.05, 3.63) is 54.9 Å². The summed E-state index contributed by atoms with van der Waals surface area (Å²) in [5.74, 6) is 0.750. The number of H-pyrrole nitrogens is 1. The molecule has 2 aromatic heterocycles. The first-order valence-electron chi connectivity index (χ1n) is 5.33.